The van der Waals surface area contributed by atoms with E-state index in [1.54, 1.807) is 0 Å². The number of likely N-dealkylation sites (tertiary alicyclic amines) is 1. The topological polar surface area (TPSA) is 32.3 Å². The molecule has 1 amide bonds. The average Bonchev–Trinajstić information content (AvgIpc) is 3.57. The van der Waals surface area contributed by atoms with Gasteiger partial charge >= 0.3 is 0 Å². The molecular formula is C27H24Cl2F2N2O. The minimum absolute atomic E-state index is 0.0535. The second kappa shape index (κ2) is 9.65. The molecule has 1 N–H and O–H groups in total. The summed E-state index contributed by atoms with van der Waals surface area (Å²) in [6.45, 7) is 1.22. The van der Waals surface area contributed by atoms with Gasteiger partial charge in [-0.05, 0) is 65.9 Å². The molecule has 1 atom stereocenters. The molecule has 1 saturated heterocycles. The molecule has 34 heavy (non-hydrogen) atoms. The number of carbonyl (C=O) groups excluding carboxylic acids is 1. The lowest BCUT2D eigenvalue weighted by Gasteiger charge is -2.47. The van der Waals surface area contributed by atoms with E-state index < -0.39 is 17.6 Å². The van der Waals surface area contributed by atoms with Crippen molar-refractivity contribution in [3.05, 3.63) is 105 Å². The molecule has 3 aromatic rings. The molecule has 7 heteroatoms. The Labute approximate surface area is 207 Å². The maximum absolute atomic E-state index is 14.0. The average molecular weight is 501 g/mol. The second-order valence-electron chi connectivity index (χ2n) is 9.18. The van der Waals surface area contributed by atoms with E-state index in [-0.39, 0.29) is 23.9 Å². The number of halogens is 4. The number of hydrogen-bond acceptors (Lipinski definition) is 2. The summed E-state index contributed by atoms with van der Waals surface area (Å²) in [6, 6.07) is 18.9. The van der Waals surface area contributed by atoms with Crippen LogP contribution in [0, 0.1) is 17.6 Å². The van der Waals surface area contributed by atoms with Gasteiger partial charge < -0.3 is 5.32 Å². The van der Waals surface area contributed by atoms with Crippen LogP contribution >= 0.6 is 23.2 Å². The third kappa shape index (κ3) is 5.12. The maximum atomic E-state index is 14.0. The Balaban J connectivity index is 1.42. The Bertz CT molecular complexity index is 1110. The van der Waals surface area contributed by atoms with E-state index in [1.807, 2.05) is 48.5 Å². The van der Waals surface area contributed by atoms with Gasteiger partial charge in [0.15, 0.2) is 0 Å². The van der Waals surface area contributed by atoms with Crippen molar-refractivity contribution in [2.24, 2.45) is 5.92 Å². The van der Waals surface area contributed by atoms with Crippen molar-refractivity contribution in [3.63, 3.8) is 0 Å². The molecule has 1 aliphatic heterocycles. The molecule has 0 aromatic heterocycles. The van der Waals surface area contributed by atoms with Crippen molar-refractivity contribution >= 4 is 29.1 Å². The van der Waals surface area contributed by atoms with Crippen molar-refractivity contribution in [3.8, 4) is 0 Å². The van der Waals surface area contributed by atoms with Gasteiger partial charge in [-0.25, -0.2) is 8.78 Å². The highest BCUT2D eigenvalue weighted by molar-refractivity contribution is 6.30. The van der Waals surface area contributed by atoms with E-state index >= 15 is 0 Å². The minimum Gasteiger partial charge on any atom is -0.353 e. The Morgan fingerprint density at radius 2 is 1.32 bits per heavy atom. The molecule has 2 aliphatic rings. The first-order valence-corrected chi connectivity index (χ1v) is 12.1. The van der Waals surface area contributed by atoms with Gasteiger partial charge in [0.25, 0.3) is 0 Å². The molecular weight excluding hydrogens is 477 g/mol. The number of benzene rings is 3. The van der Waals surface area contributed by atoms with Crippen LogP contribution in [0.15, 0.2) is 66.7 Å². The highest BCUT2D eigenvalue weighted by atomic mass is 35.5. The van der Waals surface area contributed by atoms with Gasteiger partial charge in [0.1, 0.15) is 11.6 Å². The van der Waals surface area contributed by atoms with E-state index in [4.69, 9.17) is 23.2 Å². The van der Waals surface area contributed by atoms with Crippen molar-refractivity contribution < 1.29 is 13.6 Å². The highest BCUT2D eigenvalue weighted by Crippen LogP contribution is 2.41. The first-order chi connectivity index (χ1) is 16.4. The quantitative estimate of drug-likeness (QED) is 0.409. The molecule has 0 spiro atoms. The van der Waals surface area contributed by atoms with Crippen LogP contribution in [0.5, 0.6) is 0 Å². The molecule has 176 valence electrons. The van der Waals surface area contributed by atoms with Gasteiger partial charge in [-0.2, -0.15) is 0 Å². The zero-order valence-corrected chi connectivity index (χ0v) is 19.9. The monoisotopic (exact) mass is 500 g/mol. The van der Waals surface area contributed by atoms with Gasteiger partial charge in [0.05, 0.1) is 12.0 Å². The summed E-state index contributed by atoms with van der Waals surface area (Å²) in [6.07, 6.45) is 1.89. The van der Waals surface area contributed by atoms with E-state index in [1.165, 1.54) is 12.1 Å². The van der Waals surface area contributed by atoms with E-state index in [0.717, 1.165) is 30.0 Å². The van der Waals surface area contributed by atoms with Crippen LogP contribution in [0.3, 0.4) is 0 Å². The highest BCUT2D eigenvalue weighted by Gasteiger charge is 2.43. The predicted molar refractivity (Wildman–Crippen MR) is 130 cm³/mol. The van der Waals surface area contributed by atoms with Crippen molar-refractivity contribution in [2.45, 2.75) is 30.8 Å². The van der Waals surface area contributed by atoms with Crippen LogP contribution in [0.1, 0.15) is 41.5 Å². The fraction of sp³-hybridized carbons (Fsp3) is 0.296. The van der Waals surface area contributed by atoms with E-state index in [0.29, 0.717) is 28.7 Å². The summed E-state index contributed by atoms with van der Waals surface area (Å²) in [4.78, 5) is 15.4. The van der Waals surface area contributed by atoms with Crippen LogP contribution in [0.2, 0.25) is 10.0 Å². The fourth-order valence-electron chi connectivity index (χ4n) is 4.79. The standard InChI is InChI=1S/C27H24Cl2F2N2O/c28-20-5-1-16(2-6-20)26(17-3-7-21(29)8-4-17)33-14-19(15-33)25(27(34)32-24-9-10-24)18-11-22(30)13-23(31)12-18/h1-8,11-13,19,24-26H,9-10,14-15H2,(H,32,34). The maximum Gasteiger partial charge on any atom is 0.228 e. The van der Waals surface area contributed by atoms with Crippen LogP contribution in [-0.4, -0.2) is 29.9 Å². The summed E-state index contributed by atoms with van der Waals surface area (Å²) in [7, 11) is 0. The van der Waals surface area contributed by atoms with Crippen LogP contribution < -0.4 is 5.32 Å². The first kappa shape index (κ1) is 23.3. The van der Waals surface area contributed by atoms with Crippen LogP contribution in [-0.2, 0) is 4.79 Å². The van der Waals surface area contributed by atoms with E-state index in [2.05, 4.69) is 10.2 Å². The summed E-state index contributed by atoms with van der Waals surface area (Å²) in [5, 5.41) is 4.34. The third-order valence-electron chi connectivity index (χ3n) is 6.60. The Morgan fingerprint density at radius 1 is 0.824 bits per heavy atom. The summed E-state index contributed by atoms with van der Waals surface area (Å²) >= 11 is 12.2. The normalized spacial score (nSPS) is 17.4. The molecule has 2 fully saturated rings. The SMILES string of the molecule is O=C(NC1CC1)C(c1cc(F)cc(F)c1)C1CN(C(c2ccc(Cl)cc2)c2ccc(Cl)cc2)C1. The van der Waals surface area contributed by atoms with Gasteiger partial charge in [-0.1, -0.05) is 47.5 Å². The number of nitrogens with one attached hydrogen (secondary N) is 1. The van der Waals surface area contributed by atoms with Gasteiger partial charge in [-0.15, -0.1) is 0 Å². The Kier molecular flexibility index (Phi) is 6.61. The predicted octanol–water partition coefficient (Wildman–Crippen LogP) is 6.36. The molecule has 5 rings (SSSR count). The van der Waals surface area contributed by atoms with Gasteiger partial charge in [0, 0.05) is 41.2 Å². The Morgan fingerprint density at radius 3 is 1.79 bits per heavy atom. The molecule has 0 bridgehead atoms. The van der Waals surface area contributed by atoms with Gasteiger partial charge in [-0.3, -0.25) is 9.69 Å². The van der Waals surface area contributed by atoms with E-state index in [9.17, 15) is 13.6 Å². The van der Waals surface area contributed by atoms with Crippen LogP contribution in [0.25, 0.3) is 0 Å². The molecule has 3 nitrogen and oxygen atoms in total. The lowest BCUT2D eigenvalue weighted by Crippen LogP contribution is -2.53. The summed E-state index contributed by atoms with van der Waals surface area (Å²) < 4.78 is 28.0. The summed E-state index contributed by atoms with van der Waals surface area (Å²) in [5.74, 6) is -2.18. The van der Waals surface area contributed by atoms with Crippen LogP contribution in [0.4, 0.5) is 8.78 Å². The number of nitrogens with zero attached hydrogens (tertiary/aromatic N) is 1. The van der Waals surface area contributed by atoms with Crippen molar-refractivity contribution in [1.82, 2.24) is 10.2 Å². The molecule has 3 aromatic carbocycles. The lowest BCUT2D eigenvalue weighted by atomic mass is 9.78. The first-order valence-electron chi connectivity index (χ1n) is 11.4. The van der Waals surface area contributed by atoms with Crippen molar-refractivity contribution in [1.29, 1.82) is 0 Å². The molecule has 1 heterocycles. The molecule has 1 aliphatic carbocycles. The summed E-state index contributed by atoms with van der Waals surface area (Å²) in [5.41, 5.74) is 2.52. The zero-order chi connectivity index (χ0) is 23.8. The molecule has 1 saturated carbocycles. The minimum atomic E-state index is -0.671. The fourth-order valence-corrected chi connectivity index (χ4v) is 5.04. The third-order valence-corrected chi connectivity index (χ3v) is 7.10. The smallest absolute Gasteiger partial charge is 0.228 e. The number of amides is 1. The number of carbonyl (C=O) groups is 1. The second-order valence-corrected chi connectivity index (χ2v) is 10.1. The largest absolute Gasteiger partial charge is 0.353 e. The number of hydrogen-bond donors (Lipinski definition) is 1. The van der Waals surface area contributed by atoms with Crippen molar-refractivity contribution in [2.75, 3.05) is 13.1 Å². The van der Waals surface area contributed by atoms with Gasteiger partial charge in [0.2, 0.25) is 5.91 Å². The Hall–Kier alpha value is -2.47. The lowest BCUT2D eigenvalue weighted by molar-refractivity contribution is -0.126. The molecule has 0 radical (unpaired) electrons. The molecule has 1 unspecified atom stereocenters. The zero-order valence-electron chi connectivity index (χ0n) is 18.4. The number of rotatable bonds is 7.